The second-order valence-electron chi connectivity index (χ2n) is 3.99. The van der Waals surface area contributed by atoms with Crippen LogP contribution < -0.4 is 0 Å². The lowest BCUT2D eigenvalue weighted by Gasteiger charge is -2.15. The van der Waals surface area contributed by atoms with E-state index in [4.69, 9.17) is 0 Å². The van der Waals surface area contributed by atoms with Crippen molar-refractivity contribution in [2.24, 2.45) is 0 Å². The van der Waals surface area contributed by atoms with E-state index >= 15 is 0 Å². The van der Waals surface area contributed by atoms with Gasteiger partial charge in [0.2, 0.25) is 0 Å². The van der Waals surface area contributed by atoms with Gasteiger partial charge in [-0.25, -0.2) is 0 Å². The fourth-order valence-corrected chi connectivity index (χ4v) is 2.19. The predicted octanol–water partition coefficient (Wildman–Crippen LogP) is 4.49. The summed E-state index contributed by atoms with van der Waals surface area (Å²) in [5, 5.41) is 0. The molecule has 15 heavy (non-hydrogen) atoms. The topological polar surface area (TPSA) is 0 Å². The fraction of sp³-hybridized carbons (Fsp3) is 0.333. The predicted molar refractivity (Wildman–Crippen MR) is 66.7 cm³/mol. The Morgan fingerprint density at radius 2 is 2.07 bits per heavy atom. The van der Waals surface area contributed by atoms with Crippen LogP contribution in [0.4, 0.5) is 0 Å². The summed E-state index contributed by atoms with van der Waals surface area (Å²) in [6.45, 7) is 2.25. The minimum absolute atomic E-state index is 1.09. The lowest BCUT2D eigenvalue weighted by molar-refractivity contribution is 0.990. The van der Waals surface area contributed by atoms with Crippen LogP contribution in [0.1, 0.15) is 32.6 Å². The number of hydrogen-bond donors (Lipinski definition) is 0. The average molecular weight is 198 g/mol. The third-order valence-corrected chi connectivity index (χ3v) is 2.97. The monoisotopic (exact) mass is 198 g/mol. The zero-order valence-electron chi connectivity index (χ0n) is 9.37. The van der Waals surface area contributed by atoms with Gasteiger partial charge in [-0.3, -0.25) is 0 Å². The van der Waals surface area contributed by atoms with E-state index in [0.717, 1.165) is 12.8 Å². The summed E-state index contributed by atoms with van der Waals surface area (Å²) in [5.41, 5.74) is 4.45. The Hall–Kier alpha value is -1.30. The molecule has 0 amide bonds. The van der Waals surface area contributed by atoms with Crippen LogP contribution in [0.25, 0.3) is 0 Å². The molecule has 0 atom stereocenters. The van der Waals surface area contributed by atoms with E-state index in [1.165, 1.54) is 29.6 Å². The summed E-state index contributed by atoms with van der Waals surface area (Å²) in [6.07, 6.45) is 20.3. The molecular formula is C15H18. The smallest absolute Gasteiger partial charge is 0.00914 e. The third kappa shape index (κ3) is 2.38. The molecule has 0 saturated heterocycles. The van der Waals surface area contributed by atoms with E-state index in [9.17, 15) is 0 Å². The Morgan fingerprint density at radius 3 is 2.67 bits per heavy atom. The van der Waals surface area contributed by atoms with Crippen molar-refractivity contribution in [2.75, 3.05) is 0 Å². The summed E-state index contributed by atoms with van der Waals surface area (Å²) in [4.78, 5) is 0. The van der Waals surface area contributed by atoms with Gasteiger partial charge in [0.25, 0.3) is 0 Å². The Kier molecular flexibility index (Phi) is 3.39. The van der Waals surface area contributed by atoms with Crippen LogP contribution in [0, 0.1) is 0 Å². The van der Waals surface area contributed by atoms with Gasteiger partial charge in [0.15, 0.2) is 0 Å². The molecule has 0 nitrogen and oxygen atoms in total. The van der Waals surface area contributed by atoms with Crippen molar-refractivity contribution < 1.29 is 0 Å². The zero-order valence-corrected chi connectivity index (χ0v) is 9.37. The summed E-state index contributed by atoms with van der Waals surface area (Å²) in [5.74, 6) is 0. The van der Waals surface area contributed by atoms with Crippen molar-refractivity contribution in [3.8, 4) is 0 Å². The Labute approximate surface area is 92.4 Å². The molecule has 0 heteroatoms. The zero-order chi connectivity index (χ0) is 10.5. The molecule has 0 heterocycles. The van der Waals surface area contributed by atoms with Gasteiger partial charge in [-0.05, 0) is 42.4 Å². The molecular weight excluding hydrogens is 180 g/mol. The van der Waals surface area contributed by atoms with Gasteiger partial charge in [0.1, 0.15) is 0 Å². The van der Waals surface area contributed by atoms with Gasteiger partial charge < -0.3 is 0 Å². The van der Waals surface area contributed by atoms with Crippen LogP contribution in [0.2, 0.25) is 0 Å². The van der Waals surface area contributed by atoms with Crippen LogP contribution in [0.15, 0.2) is 59.3 Å². The molecule has 0 aliphatic heterocycles. The molecule has 0 fully saturated rings. The minimum atomic E-state index is 1.09. The van der Waals surface area contributed by atoms with Crippen molar-refractivity contribution in [3.63, 3.8) is 0 Å². The standard InChI is InChI=1S/C15H18/c1-2-15(13-9-5-3-6-10-13)14-11-7-4-8-12-14/h3,5-7,9,11-12H,2,4,8,10H2,1H3/b15-13+. The van der Waals surface area contributed by atoms with Crippen LogP contribution in [-0.2, 0) is 0 Å². The quantitative estimate of drug-likeness (QED) is 0.613. The van der Waals surface area contributed by atoms with Crippen molar-refractivity contribution in [2.45, 2.75) is 32.6 Å². The maximum Gasteiger partial charge on any atom is -0.00914 e. The molecule has 0 aromatic carbocycles. The first-order chi connectivity index (χ1) is 7.42. The average Bonchev–Trinajstić information content (AvgIpc) is 2.33. The second kappa shape index (κ2) is 4.97. The first kappa shape index (κ1) is 10.2. The summed E-state index contributed by atoms with van der Waals surface area (Å²) >= 11 is 0. The van der Waals surface area contributed by atoms with E-state index in [2.05, 4.69) is 49.5 Å². The van der Waals surface area contributed by atoms with E-state index in [-0.39, 0.29) is 0 Å². The number of rotatable bonds is 2. The molecule has 2 rings (SSSR count). The van der Waals surface area contributed by atoms with Gasteiger partial charge >= 0.3 is 0 Å². The first-order valence-corrected chi connectivity index (χ1v) is 5.84. The lowest BCUT2D eigenvalue weighted by Crippen LogP contribution is -1.95. The normalized spacial score (nSPS) is 22.9. The molecule has 0 radical (unpaired) electrons. The Bertz CT molecular complexity index is 373. The first-order valence-electron chi connectivity index (χ1n) is 5.84. The van der Waals surface area contributed by atoms with Gasteiger partial charge in [-0.15, -0.1) is 0 Å². The van der Waals surface area contributed by atoms with Crippen LogP contribution in [0.5, 0.6) is 0 Å². The maximum atomic E-state index is 2.37. The van der Waals surface area contributed by atoms with Crippen molar-refractivity contribution in [1.29, 1.82) is 0 Å². The highest BCUT2D eigenvalue weighted by molar-refractivity contribution is 5.48. The number of allylic oxidation sites excluding steroid dienone is 10. The largest absolute Gasteiger partial charge is 0.0836 e. The van der Waals surface area contributed by atoms with Crippen LogP contribution in [-0.4, -0.2) is 0 Å². The molecule has 0 N–H and O–H groups in total. The van der Waals surface area contributed by atoms with E-state index in [1.54, 1.807) is 0 Å². The Morgan fingerprint density at radius 1 is 1.13 bits per heavy atom. The van der Waals surface area contributed by atoms with Crippen molar-refractivity contribution >= 4 is 0 Å². The van der Waals surface area contributed by atoms with E-state index in [0.29, 0.717) is 0 Å². The second-order valence-corrected chi connectivity index (χ2v) is 3.99. The fourth-order valence-electron chi connectivity index (χ4n) is 2.19. The van der Waals surface area contributed by atoms with Crippen LogP contribution >= 0.6 is 0 Å². The van der Waals surface area contributed by atoms with Crippen LogP contribution in [0.3, 0.4) is 0 Å². The summed E-state index contributed by atoms with van der Waals surface area (Å²) in [6, 6.07) is 0. The minimum Gasteiger partial charge on any atom is -0.0836 e. The lowest BCUT2D eigenvalue weighted by atomic mass is 9.91. The summed E-state index contributed by atoms with van der Waals surface area (Å²) < 4.78 is 0. The maximum absolute atomic E-state index is 2.37. The highest BCUT2D eigenvalue weighted by atomic mass is 14.1. The van der Waals surface area contributed by atoms with Crippen molar-refractivity contribution in [3.05, 3.63) is 59.3 Å². The molecule has 0 bridgehead atoms. The summed E-state index contributed by atoms with van der Waals surface area (Å²) in [7, 11) is 0. The third-order valence-electron chi connectivity index (χ3n) is 2.97. The Balaban J connectivity index is 2.30. The van der Waals surface area contributed by atoms with Gasteiger partial charge in [0.05, 0.1) is 0 Å². The molecule has 2 aliphatic rings. The van der Waals surface area contributed by atoms with Gasteiger partial charge in [0, 0.05) is 0 Å². The molecule has 0 aromatic heterocycles. The van der Waals surface area contributed by atoms with E-state index < -0.39 is 0 Å². The van der Waals surface area contributed by atoms with Gasteiger partial charge in [-0.1, -0.05) is 49.5 Å². The molecule has 0 aromatic rings. The van der Waals surface area contributed by atoms with Gasteiger partial charge in [-0.2, -0.15) is 0 Å². The number of hydrogen-bond acceptors (Lipinski definition) is 0. The SMILES string of the molecule is CC/C(C1=CCCC=C1)=C1/C=CC=CC1. The molecule has 0 saturated carbocycles. The molecule has 0 spiro atoms. The van der Waals surface area contributed by atoms with Crippen molar-refractivity contribution in [1.82, 2.24) is 0 Å². The molecule has 78 valence electrons. The highest BCUT2D eigenvalue weighted by Crippen LogP contribution is 2.27. The molecule has 0 unspecified atom stereocenters. The molecule has 2 aliphatic carbocycles. The highest BCUT2D eigenvalue weighted by Gasteiger charge is 2.07. The van der Waals surface area contributed by atoms with E-state index in [1.807, 2.05) is 0 Å².